The van der Waals surface area contributed by atoms with Crippen LogP contribution in [0.1, 0.15) is 13.3 Å². The number of nitrogens with one attached hydrogen (secondary N) is 3. The number of nitro groups is 1. The summed E-state index contributed by atoms with van der Waals surface area (Å²) in [5, 5.41) is 18.9. The van der Waals surface area contributed by atoms with E-state index < -0.39 is 4.92 Å². The lowest BCUT2D eigenvalue weighted by Crippen LogP contribution is -2.32. The fraction of sp³-hybridized carbons (Fsp3) is 0.385. The number of amides is 2. The van der Waals surface area contributed by atoms with E-state index in [1.807, 2.05) is 0 Å². The second-order valence-corrected chi connectivity index (χ2v) is 4.28. The van der Waals surface area contributed by atoms with Crippen LogP contribution in [-0.4, -0.2) is 36.4 Å². The van der Waals surface area contributed by atoms with Gasteiger partial charge in [0, 0.05) is 39.0 Å². The number of rotatable bonds is 8. The smallest absolute Gasteiger partial charge is 0.292 e. The highest BCUT2D eigenvalue weighted by Crippen LogP contribution is 2.22. The number of carbonyl (C=O) groups is 2. The number of nitro benzene ring substituents is 1. The Bertz CT molecular complexity index is 519. The van der Waals surface area contributed by atoms with E-state index in [4.69, 9.17) is 0 Å². The third-order valence-electron chi connectivity index (χ3n) is 2.59. The monoisotopic (exact) mass is 294 g/mol. The van der Waals surface area contributed by atoms with Crippen LogP contribution in [0.3, 0.4) is 0 Å². The number of nitrogens with zero attached hydrogens (tertiary/aromatic N) is 1. The molecule has 0 fully saturated rings. The summed E-state index contributed by atoms with van der Waals surface area (Å²) in [5.74, 6) is -0.367. The summed E-state index contributed by atoms with van der Waals surface area (Å²) in [7, 11) is 0. The normalized spacial score (nSPS) is 9.76. The van der Waals surface area contributed by atoms with Crippen molar-refractivity contribution in [2.75, 3.05) is 25.0 Å². The molecule has 21 heavy (non-hydrogen) atoms. The highest BCUT2D eigenvalue weighted by atomic mass is 16.6. The Kier molecular flexibility index (Phi) is 6.66. The van der Waals surface area contributed by atoms with Gasteiger partial charge in [0.05, 0.1) is 4.92 Å². The standard InChI is InChI=1S/C13H18N4O4/c1-10(18)14-7-6-13(19)16-9-8-15-11-4-2-3-5-12(11)17(20)21/h2-5,15H,6-9H2,1H3,(H,14,18)(H,16,19). The van der Waals surface area contributed by atoms with Crippen molar-refractivity contribution in [3.05, 3.63) is 34.4 Å². The van der Waals surface area contributed by atoms with E-state index in [1.165, 1.54) is 13.0 Å². The van der Waals surface area contributed by atoms with Gasteiger partial charge in [0.1, 0.15) is 5.69 Å². The molecule has 0 bridgehead atoms. The Morgan fingerprint density at radius 2 is 1.86 bits per heavy atom. The van der Waals surface area contributed by atoms with Gasteiger partial charge in [0.2, 0.25) is 11.8 Å². The second kappa shape index (κ2) is 8.51. The Hall–Kier alpha value is -2.64. The molecule has 114 valence electrons. The summed E-state index contributed by atoms with van der Waals surface area (Å²) in [5.41, 5.74) is 0.407. The molecule has 0 radical (unpaired) electrons. The van der Waals surface area contributed by atoms with E-state index >= 15 is 0 Å². The van der Waals surface area contributed by atoms with Gasteiger partial charge in [-0.15, -0.1) is 0 Å². The van der Waals surface area contributed by atoms with Crippen molar-refractivity contribution in [3.63, 3.8) is 0 Å². The van der Waals surface area contributed by atoms with E-state index in [1.54, 1.807) is 18.2 Å². The second-order valence-electron chi connectivity index (χ2n) is 4.28. The SMILES string of the molecule is CC(=O)NCCC(=O)NCCNc1ccccc1[N+](=O)[O-]. The Labute approximate surface area is 122 Å². The number of para-hydroxylation sites is 2. The van der Waals surface area contributed by atoms with E-state index in [-0.39, 0.29) is 23.9 Å². The minimum Gasteiger partial charge on any atom is -0.378 e. The fourth-order valence-corrected chi connectivity index (χ4v) is 1.62. The van der Waals surface area contributed by atoms with Crippen LogP contribution in [0.2, 0.25) is 0 Å². The third kappa shape index (κ3) is 6.37. The molecule has 3 N–H and O–H groups in total. The van der Waals surface area contributed by atoms with Crippen LogP contribution in [0, 0.1) is 10.1 Å². The van der Waals surface area contributed by atoms with Gasteiger partial charge in [-0.05, 0) is 6.07 Å². The largest absolute Gasteiger partial charge is 0.378 e. The van der Waals surface area contributed by atoms with E-state index in [0.717, 1.165) is 0 Å². The zero-order chi connectivity index (χ0) is 15.7. The van der Waals surface area contributed by atoms with Crippen LogP contribution in [0.25, 0.3) is 0 Å². The molecule has 0 saturated carbocycles. The van der Waals surface area contributed by atoms with Gasteiger partial charge in [-0.25, -0.2) is 0 Å². The summed E-state index contributed by atoms with van der Waals surface area (Å²) < 4.78 is 0. The number of hydrogen-bond acceptors (Lipinski definition) is 5. The van der Waals surface area contributed by atoms with Crippen LogP contribution in [0.4, 0.5) is 11.4 Å². The molecule has 0 aliphatic heterocycles. The first kappa shape index (κ1) is 16.4. The Morgan fingerprint density at radius 3 is 2.52 bits per heavy atom. The van der Waals surface area contributed by atoms with Gasteiger partial charge in [0.15, 0.2) is 0 Å². The zero-order valence-electron chi connectivity index (χ0n) is 11.7. The maximum absolute atomic E-state index is 11.4. The highest BCUT2D eigenvalue weighted by Gasteiger charge is 2.11. The van der Waals surface area contributed by atoms with Crippen molar-refractivity contribution >= 4 is 23.2 Å². The maximum Gasteiger partial charge on any atom is 0.292 e. The predicted octanol–water partition coefficient (Wildman–Crippen LogP) is 0.649. The first-order valence-corrected chi connectivity index (χ1v) is 6.49. The predicted molar refractivity (Wildman–Crippen MR) is 77.9 cm³/mol. The van der Waals surface area contributed by atoms with Gasteiger partial charge in [-0.1, -0.05) is 12.1 Å². The minimum atomic E-state index is -0.464. The van der Waals surface area contributed by atoms with Crippen molar-refractivity contribution < 1.29 is 14.5 Å². The van der Waals surface area contributed by atoms with Gasteiger partial charge in [0.25, 0.3) is 5.69 Å². The highest BCUT2D eigenvalue weighted by molar-refractivity contribution is 5.77. The third-order valence-corrected chi connectivity index (χ3v) is 2.59. The van der Waals surface area contributed by atoms with Gasteiger partial charge in [-0.3, -0.25) is 19.7 Å². The summed E-state index contributed by atoms with van der Waals surface area (Å²) in [4.78, 5) is 32.4. The maximum atomic E-state index is 11.4. The first-order valence-electron chi connectivity index (χ1n) is 6.49. The molecule has 0 spiro atoms. The topological polar surface area (TPSA) is 113 Å². The molecule has 1 aromatic carbocycles. The van der Waals surface area contributed by atoms with Crippen LogP contribution in [0.15, 0.2) is 24.3 Å². The van der Waals surface area contributed by atoms with Gasteiger partial charge < -0.3 is 16.0 Å². The molecule has 0 aliphatic carbocycles. The summed E-state index contributed by atoms with van der Waals surface area (Å²) in [6.45, 7) is 2.38. The lowest BCUT2D eigenvalue weighted by Gasteiger charge is -2.08. The molecule has 0 saturated heterocycles. The molecule has 1 rings (SSSR count). The molecular weight excluding hydrogens is 276 g/mol. The molecule has 0 heterocycles. The molecule has 0 unspecified atom stereocenters. The molecule has 1 aromatic rings. The molecule has 0 atom stereocenters. The van der Waals surface area contributed by atoms with Crippen molar-refractivity contribution in [2.45, 2.75) is 13.3 Å². The van der Waals surface area contributed by atoms with Crippen LogP contribution >= 0.6 is 0 Å². The number of anilines is 1. The lowest BCUT2D eigenvalue weighted by molar-refractivity contribution is -0.384. The molecular formula is C13H18N4O4. The van der Waals surface area contributed by atoms with Gasteiger partial charge in [-0.2, -0.15) is 0 Å². The Morgan fingerprint density at radius 1 is 1.14 bits per heavy atom. The first-order chi connectivity index (χ1) is 10.0. The van der Waals surface area contributed by atoms with Crippen LogP contribution in [-0.2, 0) is 9.59 Å². The quantitative estimate of drug-likeness (QED) is 0.370. The van der Waals surface area contributed by atoms with Crippen molar-refractivity contribution in [3.8, 4) is 0 Å². The lowest BCUT2D eigenvalue weighted by atomic mass is 10.2. The van der Waals surface area contributed by atoms with E-state index in [2.05, 4.69) is 16.0 Å². The molecule has 0 aliphatic rings. The van der Waals surface area contributed by atoms with Crippen molar-refractivity contribution in [1.82, 2.24) is 10.6 Å². The summed E-state index contributed by atoms with van der Waals surface area (Å²) >= 11 is 0. The van der Waals surface area contributed by atoms with E-state index in [0.29, 0.717) is 25.3 Å². The zero-order valence-corrected chi connectivity index (χ0v) is 11.7. The number of hydrogen-bond donors (Lipinski definition) is 3. The summed E-state index contributed by atoms with van der Waals surface area (Å²) in [6.07, 6.45) is 0.199. The average molecular weight is 294 g/mol. The molecule has 8 nitrogen and oxygen atoms in total. The molecule has 8 heteroatoms. The summed E-state index contributed by atoms with van der Waals surface area (Å²) in [6, 6.07) is 6.31. The van der Waals surface area contributed by atoms with Crippen LogP contribution in [0.5, 0.6) is 0 Å². The number of carbonyl (C=O) groups excluding carboxylic acids is 2. The number of benzene rings is 1. The average Bonchev–Trinajstić information content (AvgIpc) is 2.43. The Balaban J connectivity index is 2.27. The van der Waals surface area contributed by atoms with Crippen LogP contribution < -0.4 is 16.0 Å². The molecule has 2 amide bonds. The minimum absolute atomic E-state index is 0.00511. The van der Waals surface area contributed by atoms with Gasteiger partial charge >= 0.3 is 0 Å². The van der Waals surface area contributed by atoms with E-state index in [9.17, 15) is 19.7 Å². The van der Waals surface area contributed by atoms with Crippen molar-refractivity contribution in [2.24, 2.45) is 0 Å². The molecule has 0 aromatic heterocycles. The fourth-order valence-electron chi connectivity index (χ4n) is 1.62. The van der Waals surface area contributed by atoms with Crippen molar-refractivity contribution in [1.29, 1.82) is 0 Å².